The molecule has 0 spiro atoms. The second-order valence-corrected chi connectivity index (χ2v) is 4.81. The highest BCUT2D eigenvalue weighted by Gasteiger charge is 2.07. The molecular formula is C17H17N3O5. The number of para-hydroxylation sites is 2. The van der Waals surface area contributed by atoms with Gasteiger partial charge in [0.25, 0.3) is 11.6 Å². The zero-order valence-corrected chi connectivity index (χ0v) is 13.5. The molecule has 130 valence electrons. The SMILES string of the molecule is CCOc1ccccc1OCC(=O)N/N=C/c1ccc([N+](=O)[O-])cc1. The van der Waals surface area contributed by atoms with Crippen molar-refractivity contribution in [2.75, 3.05) is 13.2 Å². The zero-order chi connectivity index (χ0) is 18.1. The van der Waals surface area contributed by atoms with Crippen LogP contribution in [-0.2, 0) is 4.79 Å². The number of benzene rings is 2. The van der Waals surface area contributed by atoms with E-state index in [2.05, 4.69) is 10.5 Å². The molecule has 0 heterocycles. The Labute approximate surface area is 144 Å². The minimum absolute atomic E-state index is 0.0115. The fourth-order valence-electron chi connectivity index (χ4n) is 1.88. The highest BCUT2D eigenvalue weighted by Crippen LogP contribution is 2.26. The van der Waals surface area contributed by atoms with Crippen molar-refractivity contribution in [3.8, 4) is 11.5 Å². The van der Waals surface area contributed by atoms with Gasteiger partial charge in [-0.15, -0.1) is 0 Å². The molecule has 0 aliphatic heterocycles. The van der Waals surface area contributed by atoms with Gasteiger partial charge in [0.2, 0.25) is 0 Å². The van der Waals surface area contributed by atoms with Gasteiger partial charge in [-0.2, -0.15) is 5.10 Å². The van der Waals surface area contributed by atoms with Crippen LogP contribution in [-0.4, -0.2) is 30.3 Å². The normalized spacial score (nSPS) is 10.4. The third kappa shape index (κ3) is 5.61. The smallest absolute Gasteiger partial charge is 0.277 e. The van der Waals surface area contributed by atoms with Gasteiger partial charge < -0.3 is 9.47 Å². The van der Waals surface area contributed by atoms with Gasteiger partial charge in [-0.25, -0.2) is 5.43 Å². The molecule has 8 heteroatoms. The third-order valence-electron chi connectivity index (χ3n) is 3.01. The monoisotopic (exact) mass is 343 g/mol. The number of rotatable bonds is 8. The summed E-state index contributed by atoms with van der Waals surface area (Å²) in [5, 5.41) is 14.3. The molecule has 2 aromatic rings. The van der Waals surface area contributed by atoms with Crippen molar-refractivity contribution in [2.45, 2.75) is 6.92 Å². The average Bonchev–Trinajstić information content (AvgIpc) is 2.62. The number of ether oxygens (including phenoxy) is 2. The van der Waals surface area contributed by atoms with Crippen molar-refractivity contribution in [1.29, 1.82) is 0 Å². The number of non-ortho nitro benzene ring substituents is 1. The molecule has 0 fully saturated rings. The zero-order valence-electron chi connectivity index (χ0n) is 13.5. The lowest BCUT2D eigenvalue weighted by Gasteiger charge is -2.10. The Hall–Kier alpha value is -3.42. The van der Waals surface area contributed by atoms with E-state index < -0.39 is 10.8 Å². The summed E-state index contributed by atoms with van der Waals surface area (Å²) in [5.41, 5.74) is 2.93. The second-order valence-electron chi connectivity index (χ2n) is 4.81. The van der Waals surface area contributed by atoms with E-state index >= 15 is 0 Å². The van der Waals surface area contributed by atoms with Crippen LogP contribution in [0.3, 0.4) is 0 Å². The number of nitrogens with zero attached hydrogens (tertiary/aromatic N) is 2. The molecule has 0 aliphatic carbocycles. The predicted octanol–water partition coefficient (Wildman–Crippen LogP) is 2.52. The number of carbonyl (C=O) groups excluding carboxylic acids is 1. The van der Waals surface area contributed by atoms with E-state index in [0.717, 1.165) is 0 Å². The first-order chi connectivity index (χ1) is 12.1. The van der Waals surface area contributed by atoms with E-state index in [0.29, 0.717) is 23.7 Å². The second kappa shape index (κ2) is 9.02. The van der Waals surface area contributed by atoms with Crippen LogP contribution in [0.1, 0.15) is 12.5 Å². The van der Waals surface area contributed by atoms with Crippen LogP contribution in [0.4, 0.5) is 5.69 Å². The average molecular weight is 343 g/mol. The minimum Gasteiger partial charge on any atom is -0.490 e. The summed E-state index contributed by atoms with van der Waals surface area (Å²) in [6, 6.07) is 12.8. The number of hydrazone groups is 1. The number of hydrogen-bond donors (Lipinski definition) is 1. The van der Waals surface area contributed by atoms with Gasteiger partial charge in [0.15, 0.2) is 18.1 Å². The summed E-state index contributed by atoms with van der Waals surface area (Å²) in [6.45, 7) is 2.13. The van der Waals surface area contributed by atoms with Gasteiger partial charge in [-0.05, 0) is 36.8 Å². The summed E-state index contributed by atoms with van der Waals surface area (Å²) >= 11 is 0. The Balaban J connectivity index is 1.83. The van der Waals surface area contributed by atoms with Crippen LogP contribution in [0.5, 0.6) is 11.5 Å². The molecule has 0 radical (unpaired) electrons. The fourth-order valence-corrected chi connectivity index (χ4v) is 1.88. The Bertz CT molecular complexity index is 759. The number of carbonyl (C=O) groups is 1. The van der Waals surface area contributed by atoms with Gasteiger partial charge in [0, 0.05) is 12.1 Å². The first-order valence-electron chi connectivity index (χ1n) is 7.51. The lowest BCUT2D eigenvalue weighted by atomic mass is 10.2. The molecule has 0 saturated heterocycles. The van der Waals surface area contributed by atoms with Crippen molar-refractivity contribution in [3.63, 3.8) is 0 Å². The van der Waals surface area contributed by atoms with Crippen LogP contribution in [0.25, 0.3) is 0 Å². The van der Waals surface area contributed by atoms with Crippen molar-refractivity contribution in [3.05, 3.63) is 64.2 Å². The third-order valence-corrected chi connectivity index (χ3v) is 3.01. The summed E-state index contributed by atoms with van der Waals surface area (Å²) in [5.74, 6) is 0.593. The summed E-state index contributed by atoms with van der Waals surface area (Å²) in [7, 11) is 0. The Kier molecular flexibility index (Phi) is 6.47. The quantitative estimate of drug-likeness (QED) is 0.451. The highest BCUT2D eigenvalue weighted by atomic mass is 16.6. The molecule has 8 nitrogen and oxygen atoms in total. The molecule has 0 atom stereocenters. The Morgan fingerprint density at radius 2 is 1.80 bits per heavy atom. The van der Waals surface area contributed by atoms with Crippen LogP contribution in [0.15, 0.2) is 53.6 Å². The number of nitrogens with one attached hydrogen (secondary N) is 1. The number of nitro groups is 1. The maximum absolute atomic E-state index is 11.7. The molecule has 25 heavy (non-hydrogen) atoms. The lowest BCUT2D eigenvalue weighted by molar-refractivity contribution is -0.384. The number of amides is 1. The van der Waals surface area contributed by atoms with E-state index in [1.165, 1.54) is 30.5 Å². The van der Waals surface area contributed by atoms with Gasteiger partial charge in [0.05, 0.1) is 17.7 Å². The summed E-state index contributed by atoms with van der Waals surface area (Å²) in [6.07, 6.45) is 1.38. The largest absolute Gasteiger partial charge is 0.490 e. The van der Waals surface area contributed by atoms with Crippen LogP contribution >= 0.6 is 0 Å². The molecule has 0 aliphatic rings. The molecule has 2 aromatic carbocycles. The van der Waals surface area contributed by atoms with E-state index in [1.54, 1.807) is 18.2 Å². The van der Waals surface area contributed by atoms with E-state index in [1.807, 2.05) is 13.0 Å². The van der Waals surface area contributed by atoms with Crippen molar-refractivity contribution >= 4 is 17.8 Å². The van der Waals surface area contributed by atoms with E-state index in [-0.39, 0.29) is 12.3 Å². The van der Waals surface area contributed by atoms with Gasteiger partial charge >= 0.3 is 0 Å². The molecule has 0 unspecified atom stereocenters. The lowest BCUT2D eigenvalue weighted by Crippen LogP contribution is -2.24. The molecule has 0 aromatic heterocycles. The van der Waals surface area contributed by atoms with Crippen molar-refractivity contribution < 1.29 is 19.2 Å². The summed E-state index contributed by atoms with van der Waals surface area (Å²) < 4.78 is 10.8. The first kappa shape index (κ1) is 17.9. The molecule has 2 rings (SSSR count). The minimum atomic E-state index is -0.486. The highest BCUT2D eigenvalue weighted by molar-refractivity contribution is 5.83. The standard InChI is InChI=1S/C17H17N3O5/c1-2-24-15-5-3-4-6-16(15)25-12-17(21)19-18-11-13-7-9-14(10-8-13)20(22)23/h3-11H,2,12H2,1H3,(H,19,21)/b18-11+. The number of hydrogen-bond acceptors (Lipinski definition) is 6. The maximum atomic E-state index is 11.7. The van der Waals surface area contributed by atoms with Gasteiger partial charge in [-0.1, -0.05) is 12.1 Å². The van der Waals surface area contributed by atoms with Gasteiger partial charge in [-0.3, -0.25) is 14.9 Å². The number of nitro benzene ring substituents is 1. The van der Waals surface area contributed by atoms with E-state index in [4.69, 9.17) is 9.47 Å². The van der Waals surface area contributed by atoms with Crippen LogP contribution in [0.2, 0.25) is 0 Å². The molecule has 1 amide bonds. The van der Waals surface area contributed by atoms with Crippen molar-refractivity contribution in [1.82, 2.24) is 5.43 Å². The Morgan fingerprint density at radius 1 is 1.16 bits per heavy atom. The van der Waals surface area contributed by atoms with Crippen LogP contribution < -0.4 is 14.9 Å². The van der Waals surface area contributed by atoms with Crippen LogP contribution in [0, 0.1) is 10.1 Å². The predicted molar refractivity (Wildman–Crippen MR) is 91.9 cm³/mol. The topological polar surface area (TPSA) is 103 Å². The molecule has 0 bridgehead atoms. The molecule has 0 saturated carbocycles. The van der Waals surface area contributed by atoms with Gasteiger partial charge in [0.1, 0.15) is 0 Å². The Morgan fingerprint density at radius 3 is 2.40 bits per heavy atom. The van der Waals surface area contributed by atoms with E-state index in [9.17, 15) is 14.9 Å². The fraction of sp³-hybridized carbons (Fsp3) is 0.176. The first-order valence-corrected chi connectivity index (χ1v) is 7.51. The molecular weight excluding hydrogens is 326 g/mol. The maximum Gasteiger partial charge on any atom is 0.277 e. The molecule has 1 N–H and O–H groups in total. The summed E-state index contributed by atoms with van der Waals surface area (Å²) in [4.78, 5) is 21.8. The van der Waals surface area contributed by atoms with Crippen molar-refractivity contribution in [2.24, 2.45) is 5.10 Å².